The Morgan fingerprint density at radius 2 is 2.04 bits per heavy atom. The van der Waals surface area contributed by atoms with Crippen molar-refractivity contribution in [1.29, 1.82) is 0 Å². The Morgan fingerprint density at radius 1 is 1.27 bits per heavy atom. The van der Waals surface area contributed by atoms with Gasteiger partial charge < -0.3 is 4.90 Å². The summed E-state index contributed by atoms with van der Waals surface area (Å²) in [6, 6.07) is 1.77. The normalized spacial score (nSPS) is 17.2. The van der Waals surface area contributed by atoms with Crippen LogP contribution in [0.5, 0.6) is 0 Å². The summed E-state index contributed by atoms with van der Waals surface area (Å²) in [7, 11) is 0. The number of aryl methyl sites for hydroxylation is 2. The summed E-state index contributed by atoms with van der Waals surface area (Å²) in [6.45, 7) is 4.06. The molecule has 0 aromatic carbocycles. The van der Waals surface area contributed by atoms with Crippen molar-refractivity contribution in [3.05, 3.63) is 34.9 Å². The second-order valence-corrected chi connectivity index (χ2v) is 7.80. The maximum atomic E-state index is 12.6. The maximum absolute atomic E-state index is 12.6. The van der Waals surface area contributed by atoms with Crippen molar-refractivity contribution in [2.24, 2.45) is 5.92 Å². The van der Waals surface area contributed by atoms with Crippen molar-refractivity contribution in [3.8, 4) is 0 Å². The van der Waals surface area contributed by atoms with E-state index in [4.69, 9.17) is 0 Å². The van der Waals surface area contributed by atoms with E-state index in [0.29, 0.717) is 46.8 Å². The fraction of sp³-hybridized carbons (Fsp3) is 0.500. The van der Waals surface area contributed by atoms with Crippen LogP contribution in [0.4, 0.5) is 9.93 Å². The van der Waals surface area contributed by atoms with Crippen molar-refractivity contribution in [3.63, 3.8) is 0 Å². The van der Waals surface area contributed by atoms with E-state index in [1.165, 1.54) is 24.2 Å². The molecule has 1 aliphatic carbocycles. The van der Waals surface area contributed by atoms with Gasteiger partial charge in [0.25, 0.3) is 0 Å². The first-order chi connectivity index (χ1) is 12.6. The Bertz CT molecular complexity index is 818. The Morgan fingerprint density at radius 3 is 2.77 bits per heavy atom. The predicted octanol–water partition coefficient (Wildman–Crippen LogP) is 2.71. The highest BCUT2D eigenvalue weighted by atomic mass is 32.1. The molecule has 2 amide bonds. The van der Waals surface area contributed by atoms with Gasteiger partial charge in [0, 0.05) is 44.9 Å². The highest BCUT2D eigenvalue weighted by molar-refractivity contribution is 7.17. The zero-order chi connectivity index (χ0) is 18.1. The number of urea groups is 1. The Balaban J connectivity index is 1.42. The Labute approximate surface area is 156 Å². The van der Waals surface area contributed by atoms with Crippen molar-refractivity contribution in [2.75, 3.05) is 24.5 Å². The van der Waals surface area contributed by atoms with Crippen LogP contribution < -0.4 is 4.90 Å². The van der Waals surface area contributed by atoms with E-state index in [2.05, 4.69) is 15.0 Å². The number of thiazole rings is 1. The molecule has 0 N–H and O–H groups in total. The third-order valence-corrected chi connectivity index (χ3v) is 5.96. The summed E-state index contributed by atoms with van der Waals surface area (Å²) in [5, 5.41) is 0.630. The summed E-state index contributed by atoms with van der Waals surface area (Å²) >= 11 is 1.32. The first kappa shape index (κ1) is 17.1. The predicted molar refractivity (Wildman–Crippen MR) is 98.6 cm³/mol. The molecule has 2 aromatic rings. The number of amides is 2. The maximum Gasteiger partial charge on any atom is 0.326 e. The first-order valence-corrected chi connectivity index (χ1v) is 9.76. The fourth-order valence-corrected chi connectivity index (χ4v) is 4.15. The molecule has 1 saturated carbocycles. The van der Waals surface area contributed by atoms with Crippen molar-refractivity contribution < 1.29 is 9.59 Å². The Kier molecular flexibility index (Phi) is 4.67. The van der Waals surface area contributed by atoms with E-state index in [9.17, 15) is 9.59 Å². The van der Waals surface area contributed by atoms with E-state index in [-0.39, 0.29) is 11.8 Å². The lowest BCUT2D eigenvalue weighted by molar-refractivity contribution is 0.0985. The summed E-state index contributed by atoms with van der Waals surface area (Å²) in [4.78, 5) is 42.2. The van der Waals surface area contributed by atoms with Crippen LogP contribution in [0.15, 0.2) is 18.5 Å². The molecule has 2 fully saturated rings. The van der Waals surface area contributed by atoms with Crippen LogP contribution in [-0.2, 0) is 6.42 Å². The fourth-order valence-electron chi connectivity index (χ4n) is 3.10. The average Bonchev–Trinajstić information content (AvgIpc) is 3.28. The standard InChI is InChI=1S/C18H21N5O2S/c1-12-16(14(24)5-6-15-19-7-2-8-20-15)26-17(21-12)23-10-9-22(18(23)25)11-13-3-4-13/h2,7-8,13H,3-6,9-11H2,1H3. The summed E-state index contributed by atoms with van der Waals surface area (Å²) in [6.07, 6.45) is 6.65. The summed E-state index contributed by atoms with van der Waals surface area (Å²) < 4.78 is 0. The number of hydrogen-bond donors (Lipinski definition) is 0. The zero-order valence-electron chi connectivity index (χ0n) is 14.7. The van der Waals surface area contributed by atoms with Gasteiger partial charge in [-0.3, -0.25) is 9.69 Å². The number of carbonyl (C=O) groups is 2. The average molecular weight is 371 g/mol. The smallest absolute Gasteiger partial charge is 0.322 e. The van der Waals surface area contributed by atoms with Gasteiger partial charge >= 0.3 is 6.03 Å². The molecule has 0 spiro atoms. The van der Waals surface area contributed by atoms with Crippen LogP contribution in [-0.4, -0.2) is 51.3 Å². The van der Waals surface area contributed by atoms with Crippen LogP contribution >= 0.6 is 11.3 Å². The van der Waals surface area contributed by atoms with E-state index in [1.807, 2.05) is 11.8 Å². The number of nitrogens with zero attached hydrogens (tertiary/aromatic N) is 5. The molecule has 136 valence electrons. The van der Waals surface area contributed by atoms with Gasteiger partial charge in [0.2, 0.25) is 0 Å². The van der Waals surface area contributed by atoms with Gasteiger partial charge in [-0.1, -0.05) is 11.3 Å². The minimum absolute atomic E-state index is 0.0161. The van der Waals surface area contributed by atoms with Crippen LogP contribution in [0.2, 0.25) is 0 Å². The lowest BCUT2D eigenvalue weighted by Crippen LogP contribution is -2.33. The quantitative estimate of drug-likeness (QED) is 0.699. The molecule has 1 saturated heterocycles. The van der Waals surface area contributed by atoms with E-state index in [0.717, 1.165) is 13.1 Å². The molecule has 0 atom stereocenters. The largest absolute Gasteiger partial charge is 0.326 e. The van der Waals surface area contributed by atoms with Gasteiger partial charge in [0.1, 0.15) is 5.82 Å². The molecule has 8 heteroatoms. The molecule has 4 rings (SSSR count). The molecular weight excluding hydrogens is 350 g/mol. The van der Waals surface area contributed by atoms with E-state index >= 15 is 0 Å². The molecule has 0 unspecified atom stereocenters. The SMILES string of the molecule is Cc1nc(N2CCN(CC3CC3)C2=O)sc1C(=O)CCc1ncccn1. The monoisotopic (exact) mass is 371 g/mol. The molecule has 2 aliphatic rings. The van der Waals surface area contributed by atoms with E-state index in [1.54, 1.807) is 23.4 Å². The van der Waals surface area contributed by atoms with Gasteiger partial charge in [0.15, 0.2) is 10.9 Å². The van der Waals surface area contributed by atoms with Gasteiger partial charge in [-0.15, -0.1) is 0 Å². The molecule has 26 heavy (non-hydrogen) atoms. The zero-order valence-corrected chi connectivity index (χ0v) is 15.5. The minimum atomic E-state index is 0.0161. The second-order valence-electron chi connectivity index (χ2n) is 6.82. The lowest BCUT2D eigenvalue weighted by Gasteiger charge is -2.16. The second kappa shape index (κ2) is 7.11. The number of carbonyl (C=O) groups excluding carboxylic acids is 2. The lowest BCUT2D eigenvalue weighted by atomic mass is 10.1. The number of anilines is 1. The van der Waals surface area contributed by atoms with Gasteiger partial charge in [-0.25, -0.2) is 19.7 Å². The molecular formula is C18H21N5O2S. The molecule has 1 aliphatic heterocycles. The van der Waals surface area contributed by atoms with Gasteiger partial charge in [-0.2, -0.15) is 0 Å². The highest BCUT2D eigenvalue weighted by Crippen LogP contribution is 2.33. The summed E-state index contributed by atoms with van der Waals surface area (Å²) in [5.74, 6) is 1.36. The number of Topliss-reactive ketones (excluding diaryl/α,β-unsaturated/α-hetero) is 1. The molecule has 3 heterocycles. The third-order valence-electron chi connectivity index (χ3n) is 4.73. The van der Waals surface area contributed by atoms with Crippen LogP contribution in [0.1, 0.15) is 40.5 Å². The number of aromatic nitrogens is 3. The van der Waals surface area contributed by atoms with Crippen molar-refractivity contribution >= 4 is 28.3 Å². The van der Waals surface area contributed by atoms with Crippen LogP contribution in [0, 0.1) is 12.8 Å². The third kappa shape index (κ3) is 3.60. The molecule has 0 radical (unpaired) electrons. The van der Waals surface area contributed by atoms with Crippen molar-refractivity contribution in [1.82, 2.24) is 19.9 Å². The number of hydrogen-bond acceptors (Lipinski definition) is 6. The molecule has 0 bridgehead atoms. The molecule has 2 aromatic heterocycles. The topological polar surface area (TPSA) is 79.3 Å². The summed E-state index contributed by atoms with van der Waals surface area (Å²) in [5.41, 5.74) is 0.692. The highest BCUT2D eigenvalue weighted by Gasteiger charge is 2.35. The van der Waals surface area contributed by atoms with Gasteiger partial charge in [0.05, 0.1) is 10.6 Å². The van der Waals surface area contributed by atoms with Gasteiger partial charge in [-0.05, 0) is 31.7 Å². The van der Waals surface area contributed by atoms with Crippen LogP contribution in [0.25, 0.3) is 0 Å². The number of rotatable bonds is 7. The number of ketones is 1. The first-order valence-electron chi connectivity index (χ1n) is 8.95. The van der Waals surface area contributed by atoms with Crippen molar-refractivity contribution in [2.45, 2.75) is 32.6 Å². The minimum Gasteiger partial charge on any atom is -0.322 e. The van der Waals surface area contributed by atoms with Crippen LogP contribution in [0.3, 0.4) is 0 Å². The molecule has 7 nitrogen and oxygen atoms in total. The Hall–Kier alpha value is -2.35. The van der Waals surface area contributed by atoms with E-state index < -0.39 is 0 Å².